The zero-order valence-corrected chi connectivity index (χ0v) is 6.44. The van der Waals surface area contributed by atoms with E-state index in [0.717, 1.165) is 6.42 Å². The predicted molar refractivity (Wildman–Crippen MR) is 38.3 cm³/mol. The maximum Gasteiger partial charge on any atom is 0.219 e. The Morgan fingerprint density at radius 2 is 2.30 bits per heavy atom. The fraction of sp³-hybridized carbons (Fsp3) is 0.833. The molecule has 2 N–H and O–H groups in total. The fourth-order valence-corrected chi connectivity index (χ4v) is 0.548. The molecule has 0 aliphatic rings. The molecule has 4 heteroatoms. The van der Waals surface area contributed by atoms with Crippen LogP contribution in [-0.4, -0.2) is 26.6 Å². The Morgan fingerprint density at radius 3 is 2.80 bits per heavy atom. The quantitative estimate of drug-likeness (QED) is 0.412. The standard InChI is InChI=1S/C6H14N2O2/c1-7-6(9)4-3-5-8-10-2/h8H,3-5H2,1-2H3,(H,7,9). The Morgan fingerprint density at radius 1 is 1.60 bits per heavy atom. The average Bonchev–Trinajstić information content (AvgIpc) is 1.98. The molecule has 0 heterocycles. The number of hydrogen-bond acceptors (Lipinski definition) is 3. The highest BCUT2D eigenvalue weighted by Crippen LogP contribution is 1.84. The molecule has 0 radical (unpaired) electrons. The van der Waals surface area contributed by atoms with Gasteiger partial charge >= 0.3 is 0 Å². The first-order valence-electron chi connectivity index (χ1n) is 3.27. The molecular formula is C6H14N2O2. The van der Waals surface area contributed by atoms with Crippen LogP contribution in [0.3, 0.4) is 0 Å². The van der Waals surface area contributed by atoms with Crippen molar-refractivity contribution in [3.05, 3.63) is 0 Å². The predicted octanol–water partition coefficient (Wildman–Crippen LogP) is -0.336. The van der Waals surface area contributed by atoms with Crippen molar-refractivity contribution in [2.75, 3.05) is 20.7 Å². The number of hydrogen-bond donors (Lipinski definition) is 2. The summed E-state index contributed by atoms with van der Waals surface area (Å²) in [6, 6.07) is 0. The van der Waals surface area contributed by atoms with E-state index in [9.17, 15) is 4.79 Å². The third-order valence-electron chi connectivity index (χ3n) is 1.11. The molecule has 0 aliphatic carbocycles. The lowest BCUT2D eigenvalue weighted by Gasteiger charge is -1.99. The van der Waals surface area contributed by atoms with E-state index in [-0.39, 0.29) is 5.91 Å². The third-order valence-corrected chi connectivity index (χ3v) is 1.11. The Labute approximate surface area is 60.9 Å². The summed E-state index contributed by atoms with van der Waals surface area (Å²) in [5, 5.41) is 2.53. The maximum absolute atomic E-state index is 10.6. The first kappa shape index (κ1) is 9.39. The smallest absolute Gasteiger partial charge is 0.219 e. The van der Waals surface area contributed by atoms with Gasteiger partial charge in [0.2, 0.25) is 5.91 Å². The first-order chi connectivity index (χ1) is 4.81. The summed E-state index contributed by atoms with van der Waals surface area (Å²) in [5.41, 5.74) is 2.65. The van der Waals surface area contributed by atoms with Gasteiger partial charge in [-0.2, -0.15) is 0 Å². The normalized spacial score (nSPS) is 9.40. The highest BCUT2D eigenvalue weighted by molar-refractivity contribution is 5.75. The molecule has 0 fully saturated rings. The van der Waals surface area contributed by atoms with Gasteiger partial charge in [-0.15, -0.1) is 0 Å². The van der Waals surface area contributed by atoms with E-state index >= 15 is 0 Å². The summed E-state index contributed by atoms with van der Waals surface area (Å²) < 4.78 is 0. The van der Waals surface area contributed by atoms with Crippen LogP contribution in [0.1, 0.15) is 12.8 Å². The van der Waals surface area contributed by atoms with E-state index in [1.54, 1.807) is 14.2 Å². The van der Waals surface area contributed by atoms with Crippen LogP contribution in [0.5, 0.6) is 0 Å². The molecule has 0 aromatic carbocycles. The molecule has 10 heavy (non-hydrogen) atoms. The molecule has 60 valence electrons. The van der Waals surface area contributed by atoms with Crippen LogP contribution in [0, 0.1) is 0 Å². The van der Waals surface area contributed by atoms with Crippen molar-refractivity contribution in [3.8, 4) is 0 Å². The third kappa shape index (κ3) is 5.53. The summed E-state index contributed by atoms with van der Waals surface area (Å²) in [6.07, 6.45) is 1.35. The van der Waals surface area contributed by atoms with E-state index in [4.69, 9.17) is 0 Å². The molecular weight excluding hydrogens is 132 g/mol. The molecule has 0 aliphatic heterocycles. The monoisotopic (exact) mass is 146 g/mol. The molecule has 0 aromatic heterocycles. The highest BCUT2D eigenvalue weighted by Gasteiger charge is 1.95. The van der Waals surface area contributed by atoms with Crippen LogP contribution in [0.25, 0.3) is 0 Å². The van der Waals surface area contributed by atoms with E-state index in [1.165, 1.54) is 0 Å². The SMILES string of the molecule is CNC(=O)CCCNOC. The molecule has 0 saturated carbocycles. The Hall–Kier alpha value is -0.610. The van der Waals surface area contributed by atoms with E-state index in [2.05, 4.69) is 15.6 Å². The molecule has 0 atom stereocenters. The number of rotatable bonds is 5. The zero-order chi connectivity index (χ0) is 7.82. The highest BCUT2D eigenvalue weighted by atomic mass is 16.6. The fourth-order valence-electron chi connectivity index (χ4n) is 0.548. The van der Waals surface area contributed by atoms with Crippen molar-refractivity contribution in [2.45, 2.75) is 12.8 Å². The lowest BCUT2D eigenvalue weighted by molar-refractivity contribution is -0.120. The van der Waals surface area contributed by atoms with Gasteiger partial charge < -0.3 is 10.2 Å². The van der Waals surface area contributed by atoms with Crippen LogP contribution in [0.15, 0.2) is 0 Å². The number of carbonyl (C=O) groups is 1. The molecule has 0 aromatic rings. The molecule has 0 rings (SSSR count). The van der Waals surface area contributed by atoms with Gasteiger partial charge in [-0.25, -0.2) is 5.48 Å². The summed E-state index contributed by atoms with van der Waals surface area (Å²) >= 11 is 0. The van der Waals surface area contributed by atoms with Crippen molar-refractivity contribution in [2.24, 2.45) is 0 Å². The summed E-state index contributed by atoms with van der Waals surface area (Å²) in [5.74, 6) is 0.0675. The van der Waals surface area contributed by atoms with Gasteiger partial charge in [0.05, 0.1) is 7.11 Å². The number of amides is 1. The number of hydroxylamine groups is 1. The van der Waals surface area contributed by atoms with Crippen LogP contribution >= 0.6 is 0 Å². The van der Waals surface area contributed by atoms with Crippen molar-refractivity contribution in [1.82, 2.24) is 10.8 Å². The second-order valence-electron chi connectivity index (χ2n) is 1.88. The van der Waals surface area contributed by atoms with E-state index in [0.29, 0.717) is 13.0 Å². The van der Waals surface area contributed by atoms with Crippen molar-refractivity contribution >= 4 is 5.91 Å². The molecule has 0 bridgehead atoms. The topological polar surface area (TPSA) is 50.4 Å². The minimum Gasteiger partial charge on any atom is -0.359 e. The Kier molecular flexibility index (Phi) is 6.11. The molecule has 0 saturated heterocycles. The van der Waals surface area contributed by atoms with Gasteiger partial charge in [-0.05, 0) is 6.42 Å². The van der Waals surface area contributed by atoms with Gasteiger partial charge in [-0.3, -0.25) is 4.79 Å². The molecule has 1 amide bonds. The molecule has 0 spiro atoms. The second-order valence-corrected chi connectivity index (χ2v) is 1.88. The lowest BCUT2D eigenvalue weighted by Crippen LogP contribution is -2.20. The van der Waals surface area contributed by atoms with E-state index in [1.807, 2.05) is 0 Å². The van der Waals surface area contributed by atoms with Gasteiger partial charge in [0.25, 0.3) is 0 Å². The van der Waals surface area contributed by atoms with Crippen molar-refractivity contribution in [1.29, 1.82) is 0 Å². The maximum atomic E-state index is 10.6. The van der Waals surface area contributed by atoms with Crippen LogP contribution in [0.4, 0.5) is 0 Å². The summed E-state index contributed by atoms with van der Waals surface area (Å²) in [6.45, 7) is 0.712. The van der Waals surface area contributed by atoms with Gasteiger partial charge in [-0.1, -0.05) is 0 Å². The van der Waals surface area contributed by atoms with Crippen LogP contribution < -0.4 is 10.8 Å². The minimum atomic E-state index is 0.0675. The summed E-state index contributed by atoms with van der Waals surface area (Å²) in [7, 11) is 3.19. The molecule has 0 unspecified atom stereocenters. The Balaban J connectivity index is 2.96. The molecule has 4 nitrogen and oxygen atoms in total. The number of carbonyl (C=O) groups excluding carboxylic acids is 1. The van der Waals surface area contributed by atoms with Crippen LogP contribution in [-0.2, 0) is 9.63 Å². The van der Waals surface area contributed by atoms with Crippen molar-refractivity contribution in [3.63, 3.8) is 0 Å². The lowest BCUT2D eigenvalue weighted by atomic mass is 10.3. The largest absolute Gasteiger partial charge is 0.359 e. The average molecular weight is 146 g/mol. The van der Waals surface area contributed by atoms with Gasteiger partial charge in [0, 0.05) is 20.0 Å². The first-order valence-corrected chi connectivity index (χ1v) is 3.27. The van der Waals surface area contributed by atoms with Crippen molar-refractivity contribution < 1.29 is 9.63 Å². The Bertz CT molecular complexity index is 95.7. The van der Waals surface area contributed by atoms with Gasteiger partial charge in [0.1, 0.15) is 0 Å². The summed E-state index contributed by atoms with van der Waals surface area (Å²) in [4.78, 5) is 15.2. The zero-order valence-electron chi connectivity index (χ0n) is 6.44. The van der Waals surface area contributed by atoms with E-state index < -0.39 is 0 Å². The minimum absolute atomic E-state index is 0.0675. The number of nitrogens with one attached hydrogen (secondary N) is 2. The van der Waals surface area contributed by atoms with Crippen LogP contribution in [0.2, 0.25) is 0 Å². The second kappa shape index (κ2) is 6.51. The van der Waals surface area contributed by atoms with Gasteiger partial charge in [0.15, 0.2) is 0 Å².